The number of esters is 1. The normalized spacial score (nSPS) is 38.0. The summed E-state index contributed by atoms with van der Waals surface area (Å²) in [6, 6.07) is 0.265. The van der Waals surface area contributed by atoms with Gasteiger partial charge < -0.3 is 29.5 Å². The highest BCUT2D eigenvalue weighted by molar-refractivity contribution is 7.80. The molecule has 6 aliphatic carbocycles. The van der Waals surface area contributed by atoms with Gasteiger partial charge in [0.25, 0.3) is 0 Å². The Morgan fingerprint density at radius 3 is 1.80 bits per heavy atom. The van der Waals surface area contributed by atoms with Crippen molar-refractivity contribution >= 4 is 28.9 Å². The quantitative estimate of drug-likeness (QED) is 0.0631. The summed E-state index contributed by atoms with van der Waals surface area (Å²) in [5, 5.41) is 22.0. The molecule has 17 heteroatoms. The van der Waals surface area contributed by atoms with Gasteiger partial charge in [0.15, 0.2) is 11.1 Å². The number of rotatable bonds is 20. The maximum atomic E-state index is 13.3. The first-order chi connectivity index (χ1) is 29.6. The van der Waals surface area contributed by atoms with E-state index in [1.807, 2.05) is 0 Å². The molecule has 0 radical (unpaired) electrons. The van der Waals surface area contributed by atoms with Gasteiger partial charge in [-0.3, -0.25) is 23.8 Å². The molecule has 0 heterocycles. The second-order valence-electron chi connectivity index (χ2n) is 18.8. The molecule has 6 fully saturated rings. The minimum Gasteiger partial charge on any atom is -0.481 e. The van der Waals surface area contributed by atoms with Crippen molar-refractivity contribution in [3.63, 3.8) is 0 Å². The third kappa shape index (κ3) is 14.9. The Morgan fingerprint density at radius 2 is 1.21 bits per heavy atom. The number of carbonyl (C=O) groups is 3. The SMILES string of the molecule is COOCC1CCC(C(=O)O)C(C(=O)NC2CCC(OC3CCC(S(=O)OC4CCC(OC5CCC(NOCC6CC(C(=O)OC)CCC6COO)CC5)CC4)CC3)CC2)C1. The summed E-state index contributed by atoms with van der Waals surface area (Å²) in [6.07, 6.45) is 18.6. The number of carboxylic acid groups (broad SMARTS) is 1. The van der Waals surface area contributed by atoms with Crippen LogP contribution in [0.15, 0.2) is 0 Å². The van der Waals surface area contributed by atoms with Crippen molar-refractivity contribution in [3.05, 3.63) is 0 Å². The Morgan fingerprint density at radius 1 is 0.623 bits per heavy atom. The molecule has 4 N–H and O–H groups in total. The predicted octanol–water partition coefficient (Wildman–Crippen LogP) is 5.97. The molecule has 1 amide bonds. The summed E-state index contributed by atoms with van der Waals surface area (Å²) in [6.45, 7) is 1.04. The molecule has 7 unspecified atom stereocenters. The molecule has 61 heavy (non-hydrogen) atoms. The average Bonchev–Trinajstić information content (AvgIpc) is 3.28. The van der Waals surface area contributed by atoms with Crippen LogP contribution in [0.4, 0.5) is 0 Å². The smallest absolute Gasteiger partial charge is 0.308 e. The molecule has 0 aromatic rings. The van der Waals surface area contributed by atoms with E-state index < -0.39 is 28.9 Å². The minimum absolute atomic E-state index is 0.00255. The Hall–Kier alpha value is -1.80. The van der Waals surface area contributed by atoms with Crippen molar-refractivity contribution in [2.45, 2.75) is 189 Å². The molecule has 0 aromatic heterocycles. The van der Waals surface area contributed by atoms with Crippen molar-refractivity contribution in [3.8, 4) is 0 Å². The first-order valence-electron chi connectivity index (χ1n) is 23.4. The van der Waals surface area contributed by atoms with Gasteiger partial charge in [-0.15, -0.1) is 0 Å². The summed E-state index contributed by atoms with van der Waals surface area (Å²) < 4.78 is 37.5. The number of carboxylic acids is 1. The van der Waals surface area contributed by atoms with Crippen molar-refractivity contribution < 1.29 is 66.9 Å². The van der Waals surface area contributed by atoms with Crippen molar-refractivity contribution in [1.82, 2.24) is 10.8 Å². The number of hydrogen-bond donors (Lipinski definition) is 4. The van der Waals surface area contributed by atoms with Crippen molar-refractivity contribution in [2.75, 3.05) is 34.0 Å². The molecule has 0 aromatic carbocycles. The number of amides is 1. The number of aliphatic carboxylic acids is 1. The Labute approximate surface area is 364 Å². The summed E-state index contributed by atoms with van der Waals surface area (Å²) in [5.74, 6) is -2.32. The molecule has 6 rings (SSSR count). The highest BCUT2D eigenvalue weighted by atomic mass is 32.2. The molecule has 350 valence electrons. The molecule has 0 saturated heterocycles. The Kier molecular flexibility index (Phi) is 20.0. The first-order valence-corrected chi connectivity index (χ1v) is 24.5. The monoisotopic (exact) mass is 886 g/mol. The van der Waals surface area contributed by atoms with Crippen LogP contribution in [0.5, 0.6) is 0 Å². The summed E-state index contributed by atoms with van der Waals surface area (Å²) in [7, 11) is 2.87. The zero-order valence-electron chi connectivity index (χ0n) is 36.5. The van der Waals surface area contributed by atoms with E-state index in [0.717, 1.165) is 116 Å². The van der Waals surface area contributed by atoms with E-state index in [9.17, 15) is 23.7 Å². The number of hydroxylamine groups is 1. The van der Waals surface area contributed by atoms with Crippen LogP contribution in [0.1, 0.15) is 141 Å². The summed E-state index contributed by atoms with van der Waals surface area (Å²) in [4.78, 5) is 57.5. The molecular weight excluding hydrogens is 813 g/mol. The minimum atomic E-state index is -1.33. The zero-order valence-corrected chi connectivity index (χ0v) is 37.3. The third-order valence-electron chi connectivity index (χ3n) is 14.8. The lowest BCUT2D eigenvalue weighted by atomic mass is 9.73. The molecule has 6 aliphatic rings. The van der Waals surface area contributed by atoms with Crippen LogP contribution in [0.25, 0.3) is 0 Å². The van der Waals surface area contributed by atoms with Gasteiger partial charge >= 0.3 is 11.9 Å². The van der Waals surface area contributed by atoms with Gasteiger partial charge in [-0.2, -0.15) is 5.48 Å². The summed E-state index contributed by atoms with van der Waals surface area (Å²) >= 11 is -1.33. The van der Waals surface area contributed by atoms with E-state index in [1.165, 1.54) is 14.2 Å². The van der Waals surface area contributed by atoms with Crippen molar-refractivity contribution in [2.24, 2.45) is 35.5 Å². The van der Waals surface area contributed by atoms with E-state index >= 15 is 0 Å². The van der Waals surface area contributed by atoms with Gasteiger partial charge in [0.2, 0.25) is 5.91 Å². The lowest BCUT2D eigenvalue weighted by Gasteiger charge is -2.37. The van der Waals surface area contributed by atoms with E-state index in [1.54, 1.807) is 0 Å². The van der Waals surface area contributed by atoms with Gasteiger partial charge in [0, 0.05) is 12.1 Å². The number of methoxy groups -OCH3 is 1. The van der Waals surface area contributed by atoms with E-state index in [4.69, 9.17) is 38.3 Å². The lowest BCUT2D eigenvalue weighted by molar-refractivity contribution is -0.281. The zero-order chi connectivity index (χ0) is 43.1. The molecule has 6 saturated carbocycles. The topological polar surface area (TPSA) is 207 Å². The molecule has 0 bridgehead atoms. The lowest BCUT2D eigenvalue weighted by Crippen LogP contribution is -2.47. The van der Waals surface area contributed by atoms with Crippen LogP contribution >= 0.6 is 0 Å². The highest BCUT2D eigenvalue weighted by Gasteiger charge is 2.41. The molecule has 0 spiro atoms. The second kappa shape index (κ2) is 25.0. The maximum Gasteiger partial charge on any atom is 0.308 e. The first kappa shape index (κ1) is 48.7. The van der Waals surface area contributed by atoms with Gasteiger partial charge in [-0.25, -0.2) is 18.9 Å². The molecule has 16 nitrogen and oxygen atoms in total. The highest BCUT2D eigenvalue weighted by Crippen LogP contribution is 2.38. The third-order valence-corrected chi connectivity index (χ3v) is 16.2. The fraction of sp³-hybridized carbons (Fsp3) is 0.932. The largest absolute Gasteiger partial charge is 0.481 e. The van der Waals surface area contributed by atoms with Crippen LogP contribution in [0.3, 0.4) is 0 Å². The molecule has 0 aliphatic heterocycles. The van der Waals surface area contributed by atoms with E-state index in [-0.39, 0.29) is 90.0 Å². The molecule has 7 atom stereocenters. The number of carbonyl (C=O) groups excluding carboxylic acids is 2. The fourth-order valence-electron chi connectivity index (χ4n) is 11.0. The summed E-state index contributed by atoms with van der Waals surface area (Å²) in [5.41, 5.74) is 3.25. The predicted molar refractivity (Wildman–Crippen MR) is 223 cm³/mol. The number of nitrogens with one attached hydrogen (secondary N) is 2. The molecular formula is C44H74N2O14S. The second-order valence-corrected chi connectivity index (χ2v) is 20.2. The van der Waals surface area contributed by atoms with Gasteiger partial charge in [0.05, 0.1) is 87.6 Å². The Balaban J connectivity index is 0.798. The number of ether oxygens (including phenoxy) is 3. The van der Waals surface area contributed by atoms with Crippen LogP contribution in [0, 0.1) is 35.5 Å². The van der Waals surface area contributed by atoms with Gasteiger partial charge in [0.1, 0.15) is 0 Å². The van der Waals surface area contributed by atoms with Gasteiger partial charge in [-0.05, 0) is 159 Å². The average molecular weight is 887 g/mol. The fourth-order valence-corrected chi connectivity index (χ4v) is 12.3. The van der Waals surface area contributed by atoms with Crippen LogP contribution in [-0.2, 0) is 63.4 Å². The maximum absolute atomic E-state index is 13.3. The van der Waals surface area contributed by atoms with E-state index in [0.29, 0.717) is 38.9 Å². The van der Waals surface area contributed by atoms with Crippen molar-refractivity contribution in [1.29, 1.82) is 0 Å². The standard InChI is InChI=1S/C44H74N2O14S/c1-53-44(50)29-4-5-30(27-56-51)31(24-29)26-55-46-33-8-12-35(13-9-33)58-36-14-16-38(17-15-36)60-61(52)39-20-18-37(19-21-39)59-34-10-6-32(7-11-34)45-42(47)41-23-28(25-57-54-2)3-22-40(41)43(48)49/h28-41,46,51H,3-27H2,1-2H3,(H,45,47)(H,48,49). The Bertz CT molecular complexity index is 1360. The van der Waals surface area contributed by atoms with Crippen LogP contribution in [0.2, 0.25) is 0 Å². The van der Waals surface area contributed by atoms with Gasteiger partial charge in [-0.1, -0.05) is 0 Å². The van der Waals surface area contributed by atoms with Crippen LogP contribution in [-0.4, -0.2) is 114 Å². The number of hydrogen-bond acceptors (Lipinski definition) is 14. The van der Waals surface area contributed by atoms with Crippen LogP contribution < -0.4 is 10.8 Å². The van der Waals surface area contributed by atoms with E-state index in [2.05, 4.69) is 15.7 Å².